The summed E-state index contributed by atoms with van der Waals surface area (Å²) >= 11 is 4.86. The molecule has 0 aromatic carbocycles. The highest BCUT2D eigenvalue weighted by Crippen LogP contribution is 2.12. The summed E-state index contributed by atoms with van der Waals surface area (Å²) in [5.74, 6) is 0.810. The lowest BCUT2D eigenvalue weighted by molar-refractivity contribution is -0.119. The number of aromatic nitrogens is 1. The van der Waals surface area contributed by atoms with E-state index in [0.717, 1.165) is 30.9 Å². The van der Waals surface area contributed by atoms with Crippen LogP contribution in [0.5, 0.6) is 0 Å². The highest BCUT2D eigenvalue weighted by Gasteiger charge is 2.15. The average Bonchev–Trinajstić information content (AvgIpc) is 2.54. The first-order valence-electron chi connectivity index (χ1n) is 5.44. The van der Waals surface area contributed by atoms with Gasteiger partial charge in [-0.2, -0.15) is 0 Å². The van der Waals surface area contributed by atoms with Crippen LogP contribution in [-0.4, -0.2) is 35.5 Å². The van der Waals surface area contributed by atoms with Crippen LogP contribution in [0.3, 0.4) is 0 Å². The number of thiocarbonyl (C=S) groups is 1. The quantitative estimate of drug-likeness (QED) is 0.725. The summed E-state index contributed by atoms with van der Waals surface area (Å²) in [4.78, 5) is 18.0. The normalized spacial score (nSPS) is 16.2. The molecule has 0 saturated carbocycles. The first-order valence-corrected chi connectivity index (χ1v) is 5.85. The van der Waals surface area contributed by atoms with E-state index >= 15 is 0 Å². The third kappa shape index (κ3) is 2.91. The molecule has 1 aromatic rings. The van der Waals surface area contributed by atoms with Crippen molar-refractivity contribution in [2.45, 2.75) is 6.42 Å². The van der Waals surface area contributed by atoms with Gasteiger partial charge in [-0.05, 0) is 18.6 Å². The van der Waals surface area contributed by atoms with Crippen molar-refractivity contribution in [2.24, 2.45) is 5.73 Å². The van der Waals surface area contributed by atoms with Crippen LogP contribution in [0.1, 0.15) is 12.0 Å². The van der Waals surface area contributed by atoms with Crippen LogP contribution < -0.4 is 16.0 Å². The van der Waals surface area contributed by atoms with Crippen molar-refractivity contribution in [3.63, 3.8) is 0 Å². The molecular formula is C11H14N4OS. The van der Waals surface area contributed by atoms with Crippen molar-refractivity contribution in [2.75, 3.05) is 24.5 Å². The van der Waals surface area contributed by atoms with Gasteiger partial charge in [0.25, 0.3) is 0 Å². The summed E-state index contributed by atoms with van der Waals surface area (Å²) in [7, 11) is 0. The SMILES string of the molecule is NC(=S)c1ccc(N2CCCNC(=O)C2)nc1. The summed E-state index contributed by atoms with van der Waals surface area (Å²) in [6.07, 6.45) is 2.56. The number of nitrogens with zero attached hydrogens (tertiary/aromatic N) is 2. The second-order valence-electron chi connectivity index (χ2n) is 3.89. The zero-order chi connectivity index (χ0) is 12.3. The Bertz CT molecular complexity index is 432. The van der Waals surface area contributed by atoms with E-state index < -0.39 is 0 Å². The molecule has 17 heavy (non-hydrogen) atoms. The maximum atomic E-state index is 11.4. The Kier molecular flexibility index (Phi) is 3.53. The van der Waals surface area contributed by atoms with E-state index in [1.165, 1.54) is 0 Å². The number of amides is 1. The van der Waals surface area contributed by atoms with E-state index in [2.05, 4.69) is 10.3 Å². The first kappa shape index (κ1) is 11.8. The number of anilines is 1. The number of carbonyl (C=O) groups excluding carboxylic acids is 1. The standard InChI is InChI=1S/C11H14N4OS/c12-11(17)8-2-3-9(14-6-8)15-5-1-4-13-10(16)7-15/h2-3,6H,1,4-5,7H2,(H2,12,17)(H,13,16). The highest BCUT2D eigenvalue weighted by atomic mass is 32.1. The molecule has 2 heterocycles. The van der Waals surface area contributed by atoms with Gasteiger partial charge in [0.2, 0.25) is 5.91 Å². The number of nitrogens with one attached hydrogen (secondary N) is 1. The van der Waals surface area contributed by atoms with E-state index in [1.54, 1.807) is 6.20 Å². The van der Waals surface area contributed by atoms with Crippen molar-refractivity contribution in [3.05, 3.63) is 23.9 Å². The molecule has 1 aliphatic rings. The van der Waals surface area contributed by atoms with Gasteiger partial charge in [-0.15, -0.1) is 0 Å². The Balaban J connectivity index is 2.15. The third-order valence-corrected chi connectivity index (χ3v) is 2.85. The molecule has 1 saturated heterocycles. The number of hydrogen-bond donors (Lipinski definition) is 2. The summed E-state index contributed by atoms with van der Waals surface area (Å²) in [6.45, 7) is 1.89. The maximum Gasteiger partial charge on any atom is 0.239 e. The molecule has 0 spiro atoms. The van der Waals surface area contributed by atoms with E-state index in [0.29, 0.717) is 11.5 Å². The molecule has 0 radical (unpaired) electrons. The van der Waals surface area contributed by atoms with Crippen LogP contribution in [0, 0.1) is 0 Å². The first-order chi connectivity index (χ1) is 8.16. The number of pyridine rings is 1. The molecule has 1 amide bonds. The van der Waals surface area contributed by atoms with Crippen molar-refractivity contribution >= 4 is 28.9 Å². The zero-order valence-electron chi connectivity index (χ0n) is 9.35. The van der Waals surface area contributed by atoms with Gasteiger partial charge < -0.3 is 16.0 Å². The van der Waals surface area contributed by atoms with Gasteiger partial charge in [-0.25, -0.2) is 4.98 Å². The summed E-state index contributed by atoms with van der Waals surface area (Å²) in [5, 5.41) is 2.82. The highest BCUT2D eigenvalue weighted by molar-refractivity contribution is 7.80. The summed E-state index contributed by atoms with van der Waals surface area (Å²) in [5.41, 5.74) is 6.24. The fourth-order valence-electron chi connectivity index (χ4n) is 1.72. The Morgan fingerprint density at radius 2 is 2.35 bits per heavy atom. The van der Waals surface area contributed by atoms with Gasteiger partial charge >= 0.3 is 0 Å². The molecule has 2 rings (SSSR count). The molecule has 1 aromatic heterocycles. The van der Waals surface area contributed by atoms with Crippen molar-refractivity contribution < 1.29 is 4.79 Å². The molecule has 0 aliphatic carbocycles. The van der Waals surface area contributed by atoms with Crippen LogP contribution in [0.15, 0.2) is 18.3 Å². The lowest BCUT2D eigenvalue weighted by Gasteiger charge is -2.19. The number of nitrogens with two attached hydrogens (primary N) is 1. The van der Waals surface area contributed by atoms with Gasteiger partial charge in [0.15, 0.2) is 0 Å². The molecule has 0 atom stereocenters. The van der Waals surface area contributed by atoms with E-state index in [1.807, 2.05) is 17.0 Å². The largest absolute Gasteiger partial charge is 0.389 e. The molecule has 0 unspecified atom stereocenters. The summed E-state index contributed by atoms with van der Waals surface area (Å²) in [6, 6.07) is 3.67. The molecular weight excluding hydrogens is 236 g/mol. The van der Waals surface area contributed by atoms with Crippen molar-refractivity contribution in [1.29, 1.82) is 0 Å². The average molecular weight is 250 g/mol. The predicted octanol–water partition coefficient (Wildman–Crippen LogP) is 0.0421. The molecule has 0 bridgehead atoms. The van der Waals surface area contributed by atoms with E-state index in [4.69, 9.17) is 18.0 Å². The van der Waals surface area contributed by atoms with Crippen LogP contribution in [0.25, 0.3) is 0 Å². The van der Waals surface area contributed by atoms with Gasteiger partial charge in [-0.3, -0.25) is 4.79 Å². The Hall–Kier alpha value is -1.69. The molecule has 1 fully saturated rings. The molecule has 1 aliphatic heterocycles. The Morgan fingerprint density at radius 1 is 1.53 bits per heavy atom. The van der Waals surface area contributed by atoms with Crippen molar-refractivity contribution in [3.8, 4) is 0 Å². The summed E-state index contributed by atoms with van der Waals surface area (Å²) < 4.78 is 0. The third-order valence-electron chi connectivity index (χ3n) is 2.62. The van der Waals surface area contributed by atoms with Gasteiger partial charge in [0.1, 0.15) is 10.8 Å². The Labute approximate surface area is 105 Å². The second kappa shape index (κ2) is 5.09. The van der Waals surface area contributed by atoms with Gasteiger partial charge in [0, 0.05) is 24.8 Å². The van der Waals surface area contributed by atoms with Crippen LogP contribution >= 0.6 is 12.2 Å². The Morgan fingerprint density at radius 3 is 3.00 bits per heavy atom. The predicted molar refractivity (Wildman–Crippen MR) is 70.0 cm³/mol. The maximum absolute atomic E-state index is 11.4. The van der Waals surface area contributed by atoms with Crippen LogP contribution in [0.2, 0.25) is 0 Å². The monoisotopic (exact) mass is 250 g/mol. The minimum absolute atomic E-state index is 0.0303. The minimum Gasteiger partial charge on any atom is -0.389 e. The molecule has 6 heteroatoms. The lowest BCUT2D eigenvalue weighted by Crippen LogP contribution is -2.33. The van der Waals surface area contributed by atoms with Crippen LogP contribution in [-0.2, 0) is 4.79 Å². The zero-order valence-corrected chi connectivity index (χ0v) is 10.2. The fraction of sp³-hybridized carbons (Fsp3) is 0.364. The minimum atomic E-state index is 0.0303. The van der Waals surface area contributed by atoms with E-state index in [-0.39, 0.29) is 5.91 Å². The fourth-order valence-corrected chi connectivity index (χ4v) is 1.84. The second-order valence-corrected chi connectivity index (χ2v) is 4.33. The number of rotatable bonds is 2. The molecule has 3 N–H and O–H groups in total. The molecule has 5 nitrogen and oxygen atoms in total. The van der Waals surface area contributed by atoms with Gasteiger partial charge in [0.05, 0.1) is 6.54 Å². The number of hydrogen-bond acceptors (Lipinski definition) is 4. The smallest absolute Gasteiger partial charge is 0.239 e. The van der Waals surface area contributed by atoms with E-state index in [9.17, 15) is 4.79 Å². The topological polar surface area (TPSA) is 71.2 Å². The van der Waals surface area contributed by atoms with Gasteiger partial charge in [-0.1, -0.05) is 12.2 Å². The van der Waals surface area contributed by atoms with Crippen molar-refractivity contribution in [1.82, 2.24) is 10.3 Å². The lowest BCUT2D eigenvalue weighted by atomic mass is 10.2. The number of carbonyl (C=O) groups is 1. The van der Waals surface area contributed by atoms with Crippen LogP contribution in [0.4, 0.5) is 5.82 Å². The molecule has 90 valence electrons.